The van der Waals surface area contributed by atoms with Crippen molar-refractivity contribution in [2.75, 3.05) is 18.1 Å². The highest BCUT2D eigenvalue weighted by Gasteiger charge is 2.50. The lowest BCUT2D eigenvalue weighted by atomic mass is 9.96. The zero-order valence-electron chi connectivity index (χ0n) is 18.9. The van der Waals surface area contributed by atoms with E-state index < -0.39 is 41.3 Å². The van der Waals surface area contributed by atoms with E-state index in [9.17, 15) is 28.3 Å². The van der Waals surface area contributed by atoms with Gasteiger partial charge in [0.15, 0.2) is 17.5 Å². The molecule has 0 radical (unpaired) electrons. The number of hydrogen-bond donors (Lipinski definition) is 1. The molecule has 3 rings (SSSR count). The number of nitrogens with zero attached hydrogens (tertiary/aromatic N) is 4. The predicted octanol–water partition coefficient (Wildman–Crippen LogP) is 1.56. The number of rotatable bonds is 5. The molecule has 1 aliphatic heterocycles. The average molecular weight is 468 g/mol. The van der Waals surface area contributed by atoms with Gasteiger partial charge in [0.2, 0.25) is 0 Å². The van der Waals surface area contributed by atoms with Crippen LogP contribution in [0.25, 0.3) is 5.69 Å². The highest BCUT2D eigenvalue weighted by Crippen LogP contribution is 2.27. The molecule has 0 bridgehead atoms. The van der Waals surface area contributed by atoms with Gasteiger partial charge in [0.05, 0.1) is 18.8 Å². The molecule has 1 saturated heterocycles. The minimum atomic E-state index is -3.02. The minimum absolute atomic E-state index is 0.0114. The van der Waals surface area contributed by atoms with Crippen LogP contribution >= 0.6 is 0 Å². The summed E-state index contributed by atoms with van der Waals surface area (Å²) in [6, 6.07) is 3.87. The Bertz CT molecular complexity index is 1120. The lowest BCUT2D eigenvalue weighted by Crippen LogP contribution is -2.61. The fourth-order valence-corrected chi connectivity index (χ4v) is 3.32. The van der Waals surface area contributed by atoms with E-state index in [4.69, 9.17) is 9.47 Å². The molecule has 33 heavy (non-hydrogen) atoms. The molecular weight excluding hydrogens is 442 g/mol. The molecule has 1 fully saturated rings. The highest BCUT2D eigenvalue weighted by atomic mass is 19.3. The molecule has 2 atom stereocenters. The minimum Gasteiger partial charge on any atom is -0.458 e. The smallest absolute Gasteiger partial charge is 0.341 e. The monoisotopic (exact) mass is 468 g/mol. The van der Waals surface area contributed by atoms with E-state index >= 15 is 0 Å². The van der Waals surface area contributed by atoms with Gasteiger partial charge in [-0.25, -0.2) is 9.48 Å². The van der Waals surface area contributed by atoms with Crippen LogP contribution in [0.15, 0.2) is 29.2 Å². The Balaban J connectivity index is 1.91. The van der Waals surface area contributed by atoms with Crippen LogP contribution in [-0.4, -0.2) is 61.8 Å². The number of amides is 1. The fourth-order valence-electron chi connectivity index (χ4n) is 3.32. The molecule has 1 amide bonds. The SMILES string of the molecule is Cc1cc(N2CCOC(C(C)(O)C(=O)OC(C)(C)C)C2=O)nn1-c1ccc(=O)n(C(F)F)c1. The second kappa shape index (κ2) is 8.67. The molecule has 0 saturated carbocycles. The Morgan fingerprint density at radius 3 is 2.55 bits per heavy atom. The standard InChI is InChI=1S/C21H26F2N4O6/c1-12-10-14(24-27(12)13-6-7-15(28)26(11-13)19(22)23)25-8-9-32-16(17(25)29)21(5,31)18(30)33-20(2,3)4/h6-7,10-11,16,19,31H,8-9H2,1-5H3. The first kappa shape index (κ1) is 24.5. The van der Waals surface area contributed by atoms with Crippen LogP contribution in [0, 0.1) is 6.92 Å². The molecule has 0 aliphatic carbocycles. The molecule has 1 aliphatic rings. The van der Waals surface area contributed by atoms with Gasteiger partial charge in [0.25, 0.3) is 11.5 Å². The van der Waals surface area contributed by atoms with E-state index in [0.717, 1.165) is 19.2 Å². The third kappa shape index (κ3) is 4.96. The third-order valence-corrected chi connectivity index (χ3v) is 4.94. The zero-order valence-corrected chi connectivity index (χ0v) is 18.9. The van der Waals surface area contributed by atoms with E-state index in [1.54, 1.807) is 33.8 Å². The number of halogens is 2. The maximum Gasteiger partial charge on any atom is 0.341 e. The molecule has 0 spiro atoms. The molecule has 2 aromatic rings. The number of esters is 1. The number of anilines is 1. The lowest BCUT2D eigenvalue weighted by molar-refractivity contribution is -0.194. The Hall–Kier alpha value is -3.12. The normalized spacial score (nSPS) is 19.0. The summed E-state index contributed by atoms with van der Waals surface area (Å²) in [4.78, 5) is 38.5. The van der Waals surface area contributed by atoms with Crippen molar-refractivity contribution >= 4 is 17.7 Å². The number of aryl methyl sites for hydroxylation is 1. The Labute approximate surface area is 188 Å². The molecular formula is C21H26F2N4O6. The maximum atomic E-state index is 13.1. The van der Waals surface area contributed by atoms with Gasteiger partial charge in [-0.2, -0.15) is 8.78 Å². The zero-order chi connectivity index (χ0) is 24.7. The van der Waals surface area contributed by atoms with E-state index in [2.05, 4.69) is 5.10 Å². The summed E-state index contributed by atoms with van der Waals surface area (Å²) in [7, 11) is 0. The molecule has 2 aromatic heterocycles. The Kier molecular flexibility index (Phi) is 6.44. The van der Waals surface area contributed by atoms with Crippen LogP contribution in [0.1, 0.15) is 39.9 Å². The summed E-state index contributed by atoms with van der Waals surface area (Å²) in [5, 5.41) is 15.1. The molecule has 1 N–H and O–H groups in total. The van der Waals surface area contributed by atoms with Crippen LogP contribution in [0.5, 0.6) is 0 Å². The number of carbonyl (C=O) groups is 2. The predicted molar refractivity (Wildman–Crippen MR) is 112 cm³/mol. The molecule has 12 heteroatoms. The quantitative estimate of drug-likeness (QED) is 0.662. The van der Waals surface area contributed by atoms with Crippen molar-refractivity contribution in [3.63, 3.8) is 0 Å². The first-order chi connectivity index (χ1) is 15.2. The summed E-state index contributed by atoms with van der Waals surface area (Å²) in [6.45, 7) is 4.75. The summed E-state index contributed by atoms with van der Waals surface area (Å²) >= 11 is 0. The highest BCUT2D eigenvalue weighted by molar-refractivity contribution is 6.01. The van der Waals surface area contributed by atoms with Crippen molar-refractivity contribution in [2.45, 2.75) is 58.5 Å². The summed E-state index contributed by atoms with van der Waals surface area (Å²) in [5.41, 5.74) is -3.32. The van der Waals surface area contributed by atoms with Crippen LogP contribution < -0.4 is 10.5 Å². The van der Waals surface area contributed by atoms with Crippen LogP contribution in [-0.2, 0) is 19.1 Å². The molecule has 3 heterocycles. The first-order valence-electron chi connectivity index (χ1n) is 10.2. The number of hydrogen-bond acceptors (Lipinski definition) is 7. The maximum absolute atomic E-state index is 13.1. The van der Waals surface area contributed by atoms with Gasteiger partial charge >= 0.3 is 12.5 Å². The molecule has 180 valence electrons. The van der Waals surface area contributed by atoms with E-state index in [0.29, 0.717) is 5.69 Å². The Morgan fingerprint density at radius 1 is 1.27 bits per heavy atom. The van der Waals surface area contributed by atoms with E-state index in [1.165, 1.54) is 15.6 Å². The number of pyridine rings is 1. The van der Waals surface area contributed by atoms with Gasteiger partial charge in [-0.05, 0) is 40.7 Å². The van der Waals surface area contributed by atoms with Gasteiger partial charge < -0.3 is 14.6 Å². The topological polar surface area (TPSA) is 116 Å². The van der Waals surface area contributed by atoms with E-state index in [1.807, 2.05) is 0 Å². The molecule has 2 unspecified atom stereocenters. The van der Waals surface area contributed by atoms with Crippen molar-refractivity contribution in [3.05, 3.63) is 40.4 Å². The van der Waals surface area contributed by atoms with Gasteiger partial charge in [-0.3, -0.25) is 19.1 Å². The number of carbonyl (C=O) groups excluding carboxylic acids is 2. The number of morpholine rings is 1. The van der Waals surface area contributed by atoms with Crippen molar-refractivity contribution in [3.8, 4) is 5.69 Å². The largest absolute Gasteiger partial charge is 0.458 e. The average Bonchev–Trinajstić information content (AvgIpc) is 3.08. The first-order valence-corrected chi connectivity index (χ1v) is 10.2. The number of alkyl halides is 2. The summed E-state index contributed by atoms with van der Waals surface area (Å²) < 4.78 is 38.4. The van der Waals surface area contributed by atoms with Gasteiger partial charge in [-0.1, -0.05) is 0 Å². The van der Waals surface area contributed by atoms with E-state index in [-0.39, 0.29) is 29.2 Å². The van der Waals surface area contributed by atoms with Gasteiger partial charge in [0, 0.05) is 24.0 Å². The van der Waals surface area contributed by atoms with Crippen molar-refractivity contribution in [1.82, 2.24) is 14.3 Å². The van der Waals surface area contributed by atoms with Crippen molar-refractivity contribution in [2.24, 2.45) is 0 Å². The lowest BCUT2D eigenvalue weighted by Gasteiger charge is -2.38. The van der Waals surface area contributed by atoms with Gasteiger partial charge in [0.1, 0.15) is 5.60 Å². The van der Waals surface area contributed by atoms with Crippen molar-refractivity contribution < 1.29 is 33.0 Å². The summed E-state index contributed by atoms with van der Waals surface area (Å²) in [6.07, 6.45) is -0.569. The number of aromatic nitrogens is 3. The number of ether oxygens (including phenoxy) is 2. The third-order valence-electron chi connectivity index (χ3n) is 4.94. The number of aliphatic hydroxyl groups is 1. The Morgan fingerprint density at radius 2 is 1.94 bits per heavy atom. The fraction of sp³-hybridized carbons (Fsp3) is 0.524. The molecule has 10 nitrogen and oxygen atoms in total. The van der Waals surface area contributed by atoms with Crippen molar-refractivity contribution in [1.29, 1.82) is 0 Å². The molecule has 0 aromatic carbocycles. The van der Waals surface area contributed by atoms with Crippen LogP contribution in [0.3, 0.4) is 0 Å². The second-order valence-electron chi connectivity index (χ2n) is 8.86. The summed E-state index contributed by atoms with van der Waals surface area (Å²) in [5.74, 6) is -1.55. The second-order valence-corrected chi connectivity index (χ2v) is 8.86. The van der Waals surface area contributed by atoms with Crippen LogP contribution in [0.4, 0.5) is 14.6 Å². The van der Waals surface area contributed by atoms with Gasteiger partial charge in [-0.15, -0.1) is 5.10 Å². The van der Waals surface area contributed by atoms with Crippen LogP contribution in [0.2, 0.25) is 0 Å².